The van der Waals surface area contributed by atoms with Crippen molar-refractivity contribution in [2.45, 2.75) is 31.6 Å². The van der Waals surface area contributed by atoms with Crippen molar-refractivity contribution >= 4 is 40.9 Å². The number of hydrogen-bond donors (Lipinski definition) is 1. The van der Waals surface area contributed by atoms with Gasteiger partial charge in [0.25, 0.3) is 10.1 Å². The van der Waals surface area contributed by atoms with Crippen LogP contribution in [0.3, 0.4) is 0 Å². The molecule has 9 heteroatoms. The van der Waals surface area contributed by atoms with E-state index >= 15 is 0 Å². The molecule has 124 valence electrons. The summed E-state index contributed by atoms with van der Waals surface area (Å²) in [4.78, 5) is 22.9. The van der Waals surface area contributed by atoms with E-state index in [9.17, 15) is 22.6 Å². The molecule has 0 saturated carbocycles. The molecular formula is C14H19LiO7S. The molecule has 0 amide bonds. The molecule has 0 radical (unpaired) electrons. The van der Waals surface area contributed by atoms with Crippen LogP contribution in [0, 0.1) is 0 Å². The third-order valence-electron chi connectivity index (χ3n) is 2.59. The summed E-state index contributed by atoms with van der Waals surface area (Å²) in [6.07, 6.45) is 1.17. The van der Waals surface area contributed by atoms with Crippen LogP contribution in [0.25, 0.3) is 0 Å². The average molecular weight is 338 g/mol. The van der Waals surface area contributed by atoms with Crippen molar-refractivity contribution in [1.29, 1.82) is 0 Å². The molecule has 0 aliphatic rings. The van der Waals surface area contributed by atoms with E-state index in [-0.39, 0.29) is 43.2 Å². The fourth-order valence-electron chi connectivity index (χ4n) is 1.58. The molecule has 23 heavy (non-hydrogen) atoms. The molecule has 0 bridgehead atoms. The van der Waals surface area contributed by atoms with Gasteiger partial charge in [-0.15, -0.1) is 0 Å². The van der Waals surface area contributed by atoms with E-state index in [4.69, 9.17) is 9.47 Å². The number of benzene rings is 1. The predicted molar refractivity (Wildman–Crippen MR) is 84.6 cm³/mol. The van der Waals surface area contributed by atoms with E-state index in [2.05, 4.69) is 0 Å². The fourth-order valence-corrected chi connectivity index (χ4v) is 2.29. The Hall–Kier alpha value is -1.33. The molecule has 1 N–H and O–H groups in total. The Morgan fingerprint density at radius 1 is 1.04 bits per heavy atom. The van der Waals surface area contributed by atoms with E-state index in [0.717, 1.165) is 12.1 Å². The summed E-state index contributed by atoms with van der Waals surface area (Å²) >= 11 is 0. The van der Waals surface area contributed by atoms with Crippen LogP contribution in [0.2, 0.25) is 0 Å². The molecule has 7 nitrogen and oxygen atoms in total. The van der Waals surface area contributed by atoms with Crippen molar-refractivity contribution in [3.8, 4) is 0 Å². The van der Waals surface area contributed by atoms with Gasteiger partial charge in [-0.25, -0.2) is 9.59 Å². The zero-order valence-corrected chi connectivity index (χ0v) is 13.2. The average Bonchev–Trinajstić information content (AvgIpc) is 2.48. The van der Waals surface area contributed by atoms with E-state index in [0.29, 0.717) is 12.8 Å². The van der Waals surface area contributed by atoms with Gasteiger partial charge in [0.1, 0.15) is 4.90 Å². The standard InChI is InChI=1S/C14H18O7S.Li.H/c1-3-7-20-13(15)10-5-6-11(14(16)21-8-4-2)12(9-10)22(17,18)19;;/h5-6,9H,3-4,7-8H2,1-2H3,(H,17,18,19);;. The summed E-state index contributed by atoms with van der Waals surface area (Å²) in [6.45, 7) is 3.89. The molecule has 0 aliphatic carbocycles. The summed E-state index contributed by atoms with van der Waals surface area (Å²) in [6, 6.07) is 3.26. The maximum atomic E-state index is 11.8. The van der Waals surface area contributed by atoms with Crippen LogP contribution >= 0.6 is 0 Å². The minimum atomic E-state index is -4.69. The van der Waals surface area contributed by atoms with E-state index < -0.39 is 27.0 Å². The second-order valence-corrected chi connectivity index (χ2v) is 5.85. The van der Waals surface area contributed by atoms with Gasteiger partial charge in [-0.05, 0) is 31.0 Å². The summed E-state index contributed by atoms with van der Waals surface area (Å²) in [5.41, 5.74) is -0.406. The van der Waals surface area contributed by atoms with Crippen LogP contribution in [-0.4, -0.2) is 57.0 Å². The zero-order valence-electron chi connectivity index (χ0n) is 12.4. The first kappa shape index (κ1) is 21.7. The van der Waals surface area contributed by atoms with Gasteiger partial charge in [0.2, 0.25) is 0 Å². The molecule has 0 aromatic heterocycles. The predicted octanol–water partition coefficient (Wildman–Crippen LogP) is 1.42. The minimum absolute atomic E-state index is 0. The summed E-state index contributed by atoms with van der Waals surface area (Å²) in [7, 11) is -4.69. The molecule has 0 spiro atoms. The normalized spacial score (nSPS) is 10.6. The van der Waals surface area contributed by atoms with Crippen molar-refractivity contribution < 1.29 is 32.0 Å². The SMILES string of the molecule is CCCOC(=O)c1ccc(C(=O)OCCC)c(S(=O)(=O)O)c1.[LiH]. The van der Waals surface area contributed by atoms with E-state index in [1.165, 1.54) is 6.07 Å². The zero-order chi connectivity index (χ0) is 16.8. The van der Waals surface area contributed by atoms with Crippen molar-refractivity contribution in [3.05, 3.63) is 29.3 Å². The number of rotatable bonds is 7. The molecule has 0 unspecified atom stereocenters. The van der Waals surface area contributed by atoms with Gasteiger partial charge in [-0.2, -0.15) is 8.42 Å². The molecule has 0 fully saturated rings. The first-order chi connectivity index (χ1) is 10.3. The Bertz CT molecular complexity index is 655. The van der Waals surface area contributed by atoms with Crippen molar-refractivity contribution in [2.24, 2.45) is 0 Å². The van der Waals surface area contributed by atoms with Gasteiger partial charge < -0.3 is 9.47 Å². The van der Waals surface area contributed by atoms with Crippen molar-refractivity contribution in [1.82, 2.24) is 0 Å². The first-order valence-electron chi connectivity index (χ1n) is 6.77. The fraction of sp³-hybridized carbons (Fsp3) is 0.429. The van der Waals surface area contributed by atoms with Crippen LogP contribution in [0.1, 0.15) is 47.4 Å². The quantitative estimate of drug-likeness (QED) is 0.455. The Balaban J connectivity index is 0.00000484. The first-order valence-corrected chi connectivity index (χ1v) is 8.21. The number of hydrogen-bond acceptors (Lipinski definition) is 6. The maximum absolute atomic E-state index is 11.8. The monoisotopic (exact) mass is 338 g/mol. The summed E-state index contributed by atoms with van der Waals surface area (Å²) in [5.74, 6) is -1.62. The Morgan fingerprint density at radius 2 is 1.57 bits per heavy atom. The molecule has 1 rings (SSSR count). The van der Waals surface area contributed by atoms with E-state index in [1.54, 1.807) is 6.92 Å². The molecule has 1 aromatic rings. The van der Waals surface area contributed by atoms with Gasteiger partial charge in [0, 0.05) is 0 Å². The van der Waals surface area contributed by atoms with Crippen molar-refractivity contribution in [2.75, 3.05) is 13.2 Å². The molecule has 0 atom stereocenters. The Labute approximate surface area is 147 Å². The second-order valence-electron chi connectivity index (χ2n) is 4.46. The van der Waals surface area contributed by atoms with Gasteiger partial charge in [-0.3, -0.25) is 4.55 Å². The van der Waals surface area contributed by atoms with Gasteiger partial charge in [0.15, 0.2) is 0 Å². The third kappa shape index (κ3) is 6.35. The number of ether oxygens (including phenoxy) is 2. The van der Waals surface area contributed by atoms with Crippen molar-refractivity contribution in [3.63, 3.8) is 0 Å². The molecule has 0 aliphatic heterocycles. The van der Waals surface area contributed by atoms with Gasteiger partial charge in [0.05, 0.1) is 24.3 Å². The summed E-state index contributed by atoms with van der Waals surface area (Å²) in [5, 5.41) is 0. The van der Waals surface area contributed by atoms with Gasteiger partial charge >= 0.3 is 30.8 Å². The van der Waals surface area contributed by atoms with Crippen LogP contribution in [0.5, 0.6) is 0 Å². The van der Waals surface area contributed by atoms with Gasteiger partial charge in [-0.1, -0.05) is 13.8 Å². The molecular weight excluding hydrogens is 319 g/mol. The Kier molecular flexibility index (Phi) is 9.16. The van der Waals surface area contributed by atoms with Crippen LogP contribution in [0.4, 0.5) is 0 Å². The summed E-state index contributed by atoms with van der Waals surface area (Å²) < 4.78 is 41.8. The molecule has 1 aromatic carbocycles. The second kappa shape index (κ2) is 9.73. The number of carbonyl (C=O) groups is 2. The molecule has 0 saturated heterocycles. The number of esters is 2. The topological polar surface area (TPSA) is 107 Å². The van der Waals surface area contributed by atoms with Crippen LogP contribution in [0.15, 0.2) is 23.1 Å². The number of carbonyl (C=O) groups excluding carboxylic acids is 2. The third-order valence-corrected chi connectivity index (χ3v) is 3.48. The van der Waals surface area contributed by atoms with Crippen LogP contribution < -0.4 is 0 Å². The molecule has 0 heterocycles. The van der Waals surface area contributed by atoms with Crippen LogP contribution in [-0.2, 0) is 19.6 Å². The van der Waals surface area contributed by atoms with E-state index in [1.807, 2.05) is 6.92 Å². The Morgan fingerprint density at radius 3 is 2.04 bits per heavy atom.